The lowest BCUT2D eigenvalue weighted by Gasteiger charge is -2.05. The lowest BCUT2D eigenvalue weighted by molar-refractivity contribution is 0.564. The van der Waals surface area contributed by atoms with Crippen molar-refractivity contribution in [2.24, 2.45) is 0 Å². The first-order valence-corrected chi connectivity index (χ1v) is 5.30. The zero-order valence-corrected chi connectivity index (χ0v) is 9.69. The van der Waals surface area contributed by atoms with Crippen molar-refractivity contribution in [3.8, 4) is 0 Å². The van der Waals surface area contributed by atoms with Crippen molar-refractivity contribution < 1.29 is 8.78 Å². The number of hydrogen-bond acceptors (Lipinski definition) is 0. The van der Waals surface area contributed by atoms with Crippen LogP contribution in [0, 0.1) is 18.6 Å². The summed E-state index contributed by atoms with van der Waals surface area (Å²) in [5.74, 6) is -0.953. The van der Waals surface area contributed by atoms with Gasteiger partial charge in [-0.3, -0.25) is 0 Å². The molecule has 1 aromatic rings. The molecule has 0 spiro atoms. The third-order valence-corrected chi connectivity index (χ3v) is 2.68. The summed E-state index contributed by atoms with van der Waals surface area (Å²) in [7, 11) is 0. The zero-order valence-electron chi connectivity index (χ0n) is 9.69. The van der Waals surface area contributed by atoms with E-state index in [0.717, 1.165) is 12.0 Å². The van der Waals surface area contributed by atoms with Crippen LogP contribution in [0.5, 0.6) is 0 Å². The molecule has 16 heavy (non-hydrogen) atoms. The molecule has 1 aromatic carbocycles. The summed E-state index contributed by atoms with van der Waals surface area (Å²) in [6, 6.07) is 2.80. The van der Waals surface area contributed by atoms with Crippen molar-refractivity contribution in [1.82, 2.24) is 0 Å². The molecule has 0 fully saturated rings. The minimum atomic E-state index is -0.476. The van der Waals surface area contributed by atoms with Gasteiger partial charge in [-0.1, -0.05) is 24.3 Å². The van der Waals surface area contributed by atoms with E-state index in [-0.39, 0.29) is 5.56 Å². The molecular weight excluding hydrogens is 206 g/mol. The van der Waals surface area contributed by atoms with Crippen molar-refractivity contribution in [2.75, 3.05) is 0 Å². The molecule has 0 bridgehead atoms. The van der Waals surface area contributed by atoms with Crippen LogP contribution in [0.2, 0.25) is 0 Å². The highest BCUT2D eigenvalue weighted by Crippen LogP contribution is 2.17. The van der Waals surface area contributed by atoms with Gasteiger partial charge in [-0.15, -0.1) is 0 Å². The minimum absolute atomic E-state index is 0.0822. The van der Waals surface area contributed by atoms with Gasteiger partial charge in [0.05, 0.1) is 0 Å². The second kappa shape index (κ2) is 5.59. The Labute approximate surface area is 95.3 Å². The first kappa shape index (κ1) is 12.6. The Morgan fingerprint density at radius 2 is 1.88 bits per heavy atom. The molecular formula is C14H16F2. The Morgan fingerprint density at radius 1 is 1.31 bits per heavy atom. The Kier molecular flexibility index (Phi) is 4.41. The van der Waals surface area contributed by atoms with Gasteiger partial charge in [0.2, 0.25) is 0 Å². The van der Waals surface area contributed by atoms with Crippen LogP contribution in [0.1, 0.15) is 24.5 Å². The van der Waals surface area contributed by atoms with Gasteiger partial charge >= 0.3 is 0 Å². The van der Waals surface area contributed by atoms with Crippen LogP contribution in [0.25, 0.3) is 0 Å². The largest absolute Gasteiger partial charge is 0.207 e. The molecule has 1 rings (SSSR count). The Morgan fingerprint density at radius 3 is 2.31 bits per heavy atom. The average molecular weight is 222 g/mol. The Hall–Kier alpha value is -1.44. The molecule has 0 radical (unpaired) electrons. The topological polar surface area (TPSA) is 0 Å². The smallest absolute Gasteiger partial charge is 0.129 e. The number of rotatable bonds is 4. The van der Waals surface area contributed by atoms with Gasteiger partial charge in [0, 0.05) is 5.56 Å². The zero-order chi connectivity index (χ0) is 12.1. The molecule has 0 aliphatic rings. The molecule has 0 aliphatic heterocycles. The van der Waals surface area contributed by atoms with Crippen LogP contribution < -0.4 is 0 Å². The molecule has 0 aromatic heterocycles. The van der Waals surface area contributed by atoms with Crippen LogP contribution in [0.15, 0.2) is 36.4 Å². The summed E-state index contributed by atoms with van der Waals surface area (Å²) >= 11 is 0. The van der Waals surface area contributed by atoms with Crippen molar-refractivity contribution in [3.63, 3.8) is 0 Å². The van der Waals surface area contributed by atoms with E-state index in [4.69, 9.17) is 0 Å². The highest BCUT2D eigenvalue weighted by atomic mass is 19.1. The van der Waals surface area contributed by atoms with E-state index < -0.39 is 11.6 Å². The van der Waals surface area contributed by atoms with Gasteiger partial charge in [-0.25, -0.2) is 8.78 Å². The molecule has 0 heterocycles. The van der Waals surface area contributed by atoms with Crippen LogP contribution in [-0.2, 0) is 6.42 Å². The van der Waals surface area contributed by atoms with Gasteiger partial charge in [0.1, 0.15) is 11.6 Å². The molecule has 86 valence electrons. The number of benzene rings is 1. The first-order valence-electron chi connectivity index (χ1n) is 5.30. The highest BCUT2D eigenvalue weighted by molar-refractivity contribution is 5.26. The van der Waals surface area contributed by atoms with E-state index in [0.29, 0.717) is 12.0 Å². The first-order chi connectivity index (χ1) is 7.58. The maximum Gasteiger partial charge on any atom is 0.129 e. The number of halogens is 2. The highest BCUT2D eigenvalue weighted by Gasteiger charge is 2.06. The summed E-state index contributed by atoms with van der Waals surface area (Å²) in [4.78, 5) is 0. The SMILES string of the molecule is C=C/C(=C\C)CCc1cc(F)c(C)c(F)c1. The maximum absolute atomic E-state index is 13.3. The molecule has 0 saturated heterocycles. The minimum Gasteiger partial charge on any atom is -0.207 e. The van der Waals surface area contributed by atoms with E-state index in [1.165, 1.54) is 19.1 Å². The maximum atomic E-state index is 13.3. The fourth-order valence-electron chi connectivity index (χ4n) is 1.50. The van der Waals surface area contributed by atoms with Crippen LogP contribution in [-0.4, -0.2) is 0 Å². The Balaban J connectivity index is 2.79. The molecule has 0 nitrogen and oxygen atoms in total. The van der Waals surface area contributed by atoms with Crippen molar-refractivity contribution in [1.29, 1.82) is 0 Å². The summed E-state index contributed by atoms with van der Waals surface area (Å²) in [6.07, 6.45) is 5.09. The molecule has 0 saturated carbocycles. The normalized spacial score (nSPS) is 11.6. The standard InChI is InChI=1S/C14H16F2/c1-4-11(5-2)6-7-12-8-13(15)10(3)14(16)9-12/h4-5,8-9H,1,6-7H2,2-3H3/b11-5+. The second-order valence-corrected chi connectivity index (χ2v) is 3.75. The van der Waals surface area contributed by atoms with Gasteiger partial charge < -0.3 is 0 Å². The second-order valence-electron chi connectivity index (χ2n) is 3.75. The number of allylic oxidation sites excluding steroid dienone is 3. The predicted molar refractivity (Wildman–Crippen MR) is 63.4 cm³/mol. The molecule has 0 aliphatic carbocycles. The lowest BCUT2D eigenvalue weighted by atomic mass is 10.0. The summed E-state index contributed by atoms with van der Waals surface area (Å²) in [5, 5.41) is 0. The van der Waals surface area contributed by atoms with Crippen LogP contribution in [0.4, 0.5) is 8.78 Å². The third kappa shape index (κ3) is 3.02. The van der Waals surface area contributed by atoms with E-state index in [1.807, 2.05) is 13.0 Å². The monoisotopic (exact) mass is 222 g/mol. The van der Waals surface area contributed by atoms with Crippen molar-refractivity contribution in [2.45, 2.75) is 26.7 Å². The quantitative estimate of drug-likeness (QED) is 0.665. The Bertz CT molecular complexity index is 394. The average Bonchev–Trinajstić information content (AvgIpc) is 2.27. The number of aryl methyl sites for hydroxylation is 1. The fraction of sp³-hybridized carbons (Fsp3) is 0.286. The van der Waals surface area contributed by atoms with E-state index in [9.17, 15) is 8.78 Å². The molecule has 0 amide bonds. The fourth-order valence-corrected chi connectivity index (χ4v) is 1.50. The molecule has 0 N–H and O–H groups in total. The van der Waals surface area contributed by atoms with Crippen molar-refractivity contribution in [3.05, 3.63) is 59.2 Å². The molecule has 0 unspecified atom stereocenters. The van der Waals surface area contributed by atoms with Gasteiger partial charge in [0.25, 0.3) is 0 Å². The molecule has 2 heteroatoms. The predicted octanol–water partition coefficient (Wildman–Crippen LogP) is 4.34. The number of hydrogen-bond donors (Lipinski definition) is 0. The lowest BCUT2D eigenvalue weighted by Crippen LogP contribution is -1.94. The van der Waals surface area contributed by atoms with E-state index >= 15 is 0 Å². The van der Waals surface area contributed by atoms with Crippen molar-refractivity contribution >= 4 is 0 Å². The van der Waals surface area contributed by atoms with E-state index in [1.54, 1.807) is 6.08 Å². The van der Waals surface area contributed by atoms with Crippen LogP contribution in [0.3, 0.4) is 0 Å². The molecule has 0 atom stereocenters. The summed E-state index contributed by atoms with van der Waals surface area (Å²) in [5.41, 5.74) is 1.85. The van der Waals surface area contributed by atoms with Gasteiger partial charge in [0.15, 0.2) is 0 Å². The summed E-state index contributed by atoms with van der Waals surface area (Å²) < 4.78 is 26.5. The van der Waals surface area contributed by atoms with E-state index in [2.05, 4.69) is 6.58 Å². The summed E-state index contributed by atoms with van der Waals surface area (Å²) in [6.45, 7) is 7.04. The van der Waals surface area contributed by atoms with Gasteiger partial charge in [-0.05, 0) is 44.4 Å². The third-order valence-electron chi connectivity index (χ3n) is 2.68. The van der Waals surface area contributed by atoms with Crippen LogP contribution >= 0.6 is 0 Å². The van der Waals surface area contributed by atoms with Gasteiger partial charge in [-0.2, -0.15) is 0 Å².